The van der Waals surface area contributed by atoms with Gasteiger partial charge < -0.3 is 14.2 Å². The molecule has 0 spiro atoms. The van der Waals surface area contributed by atoms with Crippen molar-refractivity contribution in [2.45, 2.75) is 6.92 Å². The van der Waals surface area contributed by atoms with E-state index in [0.717, 1.165) is 22.6 Å². The Kier molecular flexibility index (Phi) is 6.86. The number of hydrogen-bond acceptors (Lipinski definition) is 6. The molecule has 0 bridgehead atoms. The molecule has 29 heavy (non-hydrogen) atoms. The number of hydrogen-bond donors (Lipinski definition) is 1. The molecule has 3 aromatic rings. The zero-order valence-electron chi connectivity index (χ0n) is 16.5. The van der Waals surface area contributed by atoms with Gasteiger partial charge in [0, 0.05) is 28.6 Å². The topological polar surface area (TPSA) is 69.7 Å². The summed E-state index contributed by atoms with van der Waals surface area (Å²) in [6, 6.07) is 13.1. The first-order valence-corrected chi connectivity index (χ1v) is 9.91. The Morgan fingerprint density at radius 3 is 2.72 bits per heavy atom. The van der Waals surface area contributed by atoms with Gasteiger partial charge in [0.1, 0.15) is 17.2 Å². The molecule has 7 heteroatoms. The molecule has 0 fully saturated rings. The molecule has 150 valence electrons. The van der Waals surface area contributed by atoms with Crippen molar-refractivity contribution in [3.8, 4) is 28.5 Å². The third kappa shape index (κ3) is 5.14. The van der Waals surface area contributed by atoms with Gasteiger partial charge in [-0.2, -0.15) is 0 Å². The summed E-state index contributed by atoms with van der Waals surface area (Å²) in [4.78, 5) is 16.8. The largest absolute Gasteiger partial charge is 0.497 e. The Balaban J connectivity index is 1.70. The molecule has 3 rings (SSSR count). The quantitative estimate of drug-likeness (QED) is 0.536. The summed E-state index contributed by atoms with van der Waals surface area (Å²) in [6.07, 6.45) is 3.13. The highest BCUT2D eigenvalue weighted by Crippen LogP contribution is 2.32. The first-order valence-electron chi connectivity index (χ1n) is 9.03. The normalized spacial score (nSPS) is 10.7. The van der Waals surface area contributed by atoms with Gasteiger partial charge in [-0.15, -0.1) is 11.3 Å². The Morgan fingerprint density at radius 2 is 1.97 bits per heavy atom. The molecule has 1 aromatic heterocycles. The minimum Gasteiger partial charge on any atom is -0.497 e. The number of amides is 1. The molecule has 6 nitrogen and oxygen atoms in total. The molecule has 1 heterocycles. The van der Waals surface area contributed by atoms with Crippen molar-refractivity contribution in [2.75, 3.05) is 26.1 Å². The highest BCUT2D eigenvalue weighted by Gasteiger charge is 2.11. The van der Waals surface area contributed by atoms with Gasteiger partial charge in [0.25, 0.3) is 0 Å². The van der Waals surface area contributed by atoms with Gasteiger partial charge in [0.05, 0.1) is 26.5 Å². The zero-order valence-corrected chi connectivity index (χ0v) is 17.3. The van der Waals surface area contributed by atoms with E-state index in [2.05, 4.69) is 10.3 Å². The monoisotopic (exact) mass is 410 g/mol. The highest BCUT2D eigenvalue weighted by molar-refractivity contribution is 7.14. The predicted molar refractivity (Wildman–Crippen MR) is 116 cm³/mol. The maximum absolute atomic E-state index is 12.3. The lowest BCUT2D eigenvalue weighted by atomic mass is 10.1. The second-order valence-corrected chi connectivity index (χ2v) is 6.76. The Bertz CT molecular complexity index is 1010. The van der Waals surface area contributed by atoms with Gasteiger partial charge in [0.2, 0.25) is 5.91 Å². The Labute approximate surface area is 173 Å². The minimum absolute atomic E-state index is 0.276. The van der Waals surface area contributed by atoms with E-state index in [0.29, 0.717) is 23.2 Å². The molecular formula is C22H22N2O4S. The number of nitrogens with one attached hydrogen (secondary N) is 1. The Morgan fingerprint density at radius 1 is 1.14 bits per heavy atom. The SMILES string of the molecule is CCOc1ccccc1-c1csc(NC(=O)C=Cc2ccc(OC)cc2OC)n1. The van der Waals surface area contributed by atoms with E-state index in [4.69, 9.17) is 14.2 Å². The standard InChI is InChI=1S/C22H22N2O4S/c1-4-28-19-8-6-5-7-17(19)18-14-29-22(23-18)24-21(25)12-10-15-9-11-16(26-2)13-20(15)27-3/h5-14H,4H2,1-3H3,(H,23,24,25). The molecule has 0 unspecified atom stereocenters. The van der Waals surface area contributed by atoms with Gasteiger partial charge in [-0.05, 0) is 37.3 Å². The fraction of sp³-hybridized carbons (Fsp3) is 0.182. The van der Waals surface area contributed by atoms with Crippen molar-refractivity contribution in [3.63, 3.8) is 0 Å². The molecular weight excluding hydrogens is 388 g/mol. The maximum Gasteiger partial charge on any atom is 0.250 e. The van der Waals surface area contributed by atoms with Gasteiger partial charge in [0.15, 0.2) is 5.13 Å². The van der Waals surface area contributed by atoms with E-state index in [9.17, 15) is 4.79 Å². The number of rotatable bonds is 8. The van der Waals surface area contributed by atoms with Crippen molar-refractivity contribution in [3.05, 3.63) is 59.5 Å². The van der Waals surface area contributed by atoms with Crippen LogP contribution >= 0.6 is 11.3 Å². The second kappa shape index (κ2) is 9.75. The van der Waals surface area contributed by atoms with E-state index in [1.165, 1.54) is 17.4 Å². The number of carbonyl (C=O) groups is 1. The number of thiazole rings is 1. The lowest BCUT2D eigenvalue weighted by molar-refractivity contribution is -0.111. The number of carbonyl (C=O) groups excluding carboxylic acids is 1. The van der Waals surface area contributed by atoms with Crippen LogP contribution < -0.4 is 19.5 Å². The van der Waals surface area contributed by atoms with Crippen LogP contribution in [0.1, 0.15) is 12.5 Å². The van der Waals surface area contributed by atoms with Crippen LogP contribution in [0.2, 0.25) is 0 Å². The molecule has 0 aliphatic heterocycles. The van der Waals surface area contributed by atoms with Gasteiger partial charge >= 0.3 is 0 Å². The van der Waals surface area contributed by atoms with Gasteiger partial charge in [-0.25, -0.2) is 4.98 Å². The fourth-order valence-electron chi connectivity index (χ4n) is 2.68. The highest BCUT2D eigenvalue weighted by atomic mass is 32.1. The lowest BCUT2D eigenvalue weighted by Crippen LogP contribution is -2.07. The lowest BCUT2D eigenvalue weighted by Gasteiger charge is -2.07. The molecule has 0 atom stereocenters. The predicted octanol–water partition coefficient (Wildman–Crippen LogP) is 4.88. The molecule has 0 radical (unpaired) electrons. The fourth-order valence-corrected chi connectivity index (χ4v) is 3.40. The second-order valence-electron chi connectivity index (χ2n) is 5.90. The van der Waals surface area contributed by atoms with Crippen molar-refractivity contribution in [1.82, 2.24) is 4.98 Å². The average Bonchev–Trinajstić information content (AvgIpc) is 3.21. The molecule has 1 amide bonds. The zero-order chi connectivity index (χ0) is 20.6. The number of ether oxygens (including phenoxy) is 3. The number of nitrogens with zero attached hydrogens (tertiary/aromatic N) is 1. The average molecular weight is 410 g/mol. The summed E-state index contributed by atoms with van der Waals surface area (Å²) in [6.45, 7) is 2.51. The summed E-state index contributed by atoms with van der Waals surface area (Å²) < 4.78 is 16.2. The first-order chi connectivity index (χ1) is 14.1. The van der Waals surface area contributed by atoms with Crippen LogP contribution in [-0.4, -0.2) is 31.7 Å². The van der Waals surface area contributed by atoms with Crippen LogP contribution in [0.4, 0.5) is 5.13 Å². The van der Waals surface area contributed by atoms with Crippen molar-refractivity contribution >= 4 is 28.5 Å². The number of benzene rings is 2. The first kappa shape index (κ1) is 20.4. The van der Waals surface area contributed by atoms with E-state index in [1.807, 2.05) is 48.7 Å². The molecule has 0 aliphatic carbocycles. The summed E-state index contributed by atoms with van der Waals surface area (Å²) in [7, 11) is 3.16. The van der Waals surface area contributed by atoms with Crippen LogP contribution in [-0.2, 0) is 4.79 Å². The minimum atomic E-state index is -0.276. The number of methoxy groups -OCH3 is 2. The van der Waals surface area contributed by atoms with Crippen LogP contribution in [0.5, 0.6) is 17.2 Å². The Hall–Kier alpha value is -3.32. The summed E-state index contributed by atoms with van der Waals surface area (Å²) >= 11 is 1.36. The number of para-hydroxylation sites is 1. The van der Waals surface area contributed by atoms with Crippen molar-refractivity contribution < 1.29 is 19.0 Å². The molecule has 0 saturated heterocycles. The third-order valence-electron chi connectivity index (χ3n) is 4.05. The molecule has 0 aliphatic rings. The third-order valence-corrected chi connectivity index (χ3v) is 4.81. The summed E-state index contributed by atoms with van der Waals surface area (Å²) in [5.74, 6) is 1.80. The van der Waals surface area contributed by atoms with E-state index < -0.39 is 0 Å². The smallest absolute Gasteiger partial charge is 0.250 e. The summed E-state index contributed by atoms with van der Waals surface area (Å²) in [5.41, 5.74) is 2.42. The van der Waals surface area contributed by atoms with Crippen LogP contribution in [0.3, 0.4) is 0 Å². The van der Waals surface area contributed by atoms with Crippen molar-refractivity contribution in [2.24, 2.45) is 0 Å². The van der Waals surface area contributed by atoms with Crippen LogP contribution in [0.15, 0.2) is 53.9 Å². The molecule has 0 saturated carbocycles. The van der Waals surface area contributed by atoms with E-state index >= 15 is 0 Å². The van der Waals surface area contributed by atoms with E-state index in [1.54, 1.807) is 26.4 Å². The van der Waals surface area contributed by atoms with E-state index in [-0.39, 0.29) is 5.91 Å². The molecule has 2 aromatic carbocycles. The number of aromatic nitrogens is 1. The van der Waals surface area contributed by atoms with Crippen molar-refractivity contribution in [1.29, 1.82) is 0 Å². The van der Waals surface area contributed by atoms with Crippen LogP contribution in [0.25, 0.3) is 17.3 Å². The summed E-state index contributed by atoms with van der Waals surface area (Å²) in [5, 5.41) is 5.20. The van der Waals surface area contributed by atoms with Gasteiger partial charge in [-0.3, -0.25) is 10.1 Å². The maximum atomic E-state index is 12.3. The van der Waals surface area contributed by atoms with Gasteiger partial charge in [-0.1, -0.05) is 12.1 Å². The van der Waals surface area contributed by atoms with Crippen LogP contribution in [0, 0.1) is 0 Å². The molecule has 1 N–H and O–H groups in total. The number of anilines is 1.